The zero-order valence-corrected chi connectivity index (χ0v) is 18.9. The molecular formula is C23H27IN4O. The van der Waals surface area contributed by atoms with Gasteiger partial charge < -0.3 is 15.4 Å². The van der Waals surface area contributed by atoms with Crippen LogP contribution in [0.25, 0.3) is 0 Å². The molecule has 6 heteroatoms. The first kappa shape index (κ1) is 22.7. The number of aliphatic imine (C=N–C) groups is 1. The van der Waals surface area contributed by atoms with E-state index in [4.69, 9.17) is 4.74 Å². The fourth-order valence-electron chi connectivity index (χ4n) is 2.65. The van der Waals surface area contributed by atoms with Crippen LogP contribution in [0.2, 0.25) is 0 Å². The van der Waals surface area contributed by atoms with Crippen LogP contribution in [0, 0.1) is 0 Å². The molecule has 0 saturated heterocycles. The maximum absolute atomic E-state index is 5.80. The summed E-state index contributed by atoms with van der Waals surface area (Å²) in [4.78, 5) is 8.96. The first-order valence-electron chi connectivity index (χ1n) is 9.51. The van der Waals surface area contributed by atoms with Crippen LogP contribution < -0.4 is 15.4 Å². The molecule has 152 valence electrons. The molecule has 5 nitrogen and oxygen atoms in total. The number of ether oxygens (including phenoxy) is 1. The number of nitrogens with one attached hydrogen (secondary N) is 2. The predicted molar refractivity (Wildman–Crippen MR) is 129 cm³/mol. The summed E-state index contributed by atoms with van der Waals surface area (Å²) < 4.78 is 5.80. The molecule has 0 radical (unpaired) electrons. The molecule has 2 N–H and O–H groups in total. The second-order valence-corrected chi connectivity index (χ2v) is 6.31. The van der Waals surface area contributed by atoms with Crippen LogP contribution in [0.4, 0.5) is 0 Å². The first-order chi connectivity index (χ1) is 13.8. The Balaban J connectivity index is 0.00000300. The standard InChI is InChI=1S/C23H26N4O.HI/c1-2-24-23(26-16-19-9-5-3-6-10-19)27-17-21-13-14-25-22(15-21)28-18-20-11-7-4-8-12-20;/h3-15H,2,16-18H2,1H3,(H2,24,26,27);1H. The first-order valence-corrected chi connectivity index (χ1v) is 9.51. The van der Waals surface area contributed by atoms with E-state index in [-0.39, 0.29) is 24.0 Å². The van der Waals surface area contributed by atoms with E-state index in [9.17, 15) is 0 Å². The van der Waals surface area contributed by atoms with Crippen LogP contribution in [-0.4, -0.2) is 17.5 Å². The van der Waals surface area contributed by atoms with E-state index >= 15 is 0 Å². The van der Waals surface area contributed by atoms with Crippen LogP contribution in [-0.2, 0) is 19.7 Å². The number of guanidine groups is 1. The van der Waals surface area contributed by atoms with Gasteiger partial charge in [0.2, 0.25) is 5.88 Å². The summed E-state index contributed by atoms with van der Waals surface area (Å²) in [6.07, 6.45) is 1.76. The predicted octanol–water partition coefficient (Wildman–Crippen LogP) is 4.53. The van der Waals surface area contributed by atoms with E-state index in [2.05, 4.69) is 39.7 Å². The van der Waals surface area contributed by atoms with Crippen molar-refractivity contribution in [2.75, 3.05) is 6.54 Å². The Kier molecular flexibility index (Phi) is 9.99. The number of benzene rings is 2. The summed E-state index contributed by atoms with van der Waals surface area (Å²) in [5, 5.41) is 6.64. The normalized spacial score (nSPS) is 10.7. The minimum absolute atomic E-state index is 0. The van der Waals surface area contributed by atoms with Gasteiger partial charge in [0.25, 0.3) is 0 Å². The van der Waals surface area contributed by atoms with Crippen LogP contribution in [0.5, 0.6) is 5.88 Å². The average molecular weight is 502 g/mol. The van der Waals surface area contributed by atoms with E-state index in [0.717, 1.165) is 30.2 Å². The number of aromatic nitrogens is 1. The molecule has 1 aromatic heterocycles. The molecule has 0 amide bonds. The maximum Gasteiger partial charge on any atom is 0.213 e. The van der Waals surface area contributed by atoms with E-state index in [1.165, 1.54) is 5.56 Å². The molecule has 3 rings (SSSR count). The van der Waals surface area contributed by atoms with Gasteiger partial charge in [-0.2, -0.15) is 0 Å². The van der Waals surface area contributed by atoms with Crippen molar-refractivity contribution in [1.29, 1.82) is 0 Å². The second-order valence-electron chi connectivity index (χ2n) is 6.31. The number of hydrogen-bond acceptors (Lipinski definition) is 3. The average Bonchev–Trinajstić information content (AvgIpc) is 2.76. The topological polar surface area (TPSA) is 58.5 Å². The monoisotopic (exact) mass is 502 g/mol. The highest BCUT2D eigenvalue weighted by molar-refractivity contribution is 14.0. The lowest BCUT2D eigenvalue weighted by molar-refractivity contribution is 0.293. The minimum Gasteiger partial charge on any atom is -0.473 e. The van der Waals surface area contributed by atoms with Crippen molar-refractivity contribution in [3.63, 3.8) is 0 Å². The van der Waals surface area contributed by atoms with Gasteiger partial charge in [-0.05, 0) is 29.7 Å². The van der Waals surface area contributed by atoms with Gasteiger partial charge in [0.1, 0.15) is 6.61 Å². The third-order valence-corrected chi connectivity index (χ3v) is 4.10. The van der Waals surface area contributed by atoms with E-state index < -0.39 is 0 Å². The number of pyridine rings is 1. The summed E-state index contributed by atoms with van der Waals surface area (Å²) in [5.74, 6) is 1.40. The van der Waals surface area contributed by atoms with Crippen molar-refractivity contribution < 1.29 is 4.74 Å². The molecule has 0 bridgehead atoms. The van der Waals surface area contributed by atoms with Crippen molar-refractivity contribution in [2.24, 2.45) is 4.99 Å². The van der Waals surface area contributed by atoms with Crippen molar-refractivity contribution >= 4 is 29.9 Å². The lowest BCUT2D eigenvalue weighted by Gasteiger charge is -2.11. The Hall–Kier alpha value is -2.61. The van der Waals surface area contributed by atoms with Gasteiger partial charge in [0.15, 0.2) is 5.96 Å². The summed E-state index contributed by atoms with van der Waals surface area (Å²) in [5.41, 5.74) is 3.39. The Morgan fingerprint density at radius 2 is 1.59 bits per heavy atom. The summed E-state index contributed by atoms with van der Waals surface area (Å²) in [6.45, 7) is 4.65. The zero-order chi connectivity index (χ0) is 19.4. The Labute approximate surface area is 189 Å². The van der Waals surface area contributed by atoms with Gasteiger partial charge in [0.05, 0.1) is 6.54 Å². The third kappa shape index (κ3) is 8.11. The molecule has 0 fully saturated rings. The Morgan fingerprint density at radius 3 is 2.28 bits per heavy atom. The highest BCUT2D eigenvalue weighted by Crippen LogP contribution is 2.12. The van der Waals surface area contributed by atoms with Gasteiger partial charge in [-0.15, -0.1) is 24.0 Å². The van der Waals surface area contributed by atoms with Gasteiger partial charge >= 0.3 is 0 Å². The fraction of sp³-hybridized carbons (Fsp3) is 0.217. The van der Waals surface area contributed by atoms with Gasteiger partial charge in [-0.3, -0.25) is 0 Å². The number of rotatable bonds is 8. The Bertz CT molecular complexity index is 872. The quantitative estimate of drug-likeness (QED) is 0.270. The van der Waals surface area contributed by atoms with E-state index in [0.29, 0.717) is 19.0 Å². The highest BCUT2D eigenvalue weighted by atomic mass is 127. The van der Waals surface area contributed by atoms with Crippen LogP contribution >= 0.6 is 24.0 Å². The highest BCUT2D eigenvalue weighted by Gasteiger charge is 2.02. The second kappa shape index (κ2) is 12.8. The number of halogens is 1. The molecule has 0 unspecified atom stereocenters. The Morgan fingerprint density at radius 1 is 0.897 bits per heavy atom. The molecule has 29 heavy (non-hydrogen) atoms. The SMILES string of the molecule is CCNC(=NCc1ccnc(OCc2ccccc2)c1)NCc1ccccc1.I. The van der Waals surface area contributed by atoms with Crippen LogP contribution in [0.15, 0.2) is 84.0 Å². The summed E-state index contributed by atoms with van der Waals surface area (Å²) in [6, 6.07) is 24.2. The van der Waals surface area contributed by atoms with Crippen molar-refractivity contribution in [2.45, 2.75) is 26.6 Å². The van der Waals surface area contributed by atoms with Gasteiger partial charge in [0, 0.05) is 25.4 Å². The molecule has 0 atom stereocenters. The van der Waals surface area contributed by atoms with Crippen LogP contribution in [0.1, 0.15) is 23.6 Å². The van der Waals surface area contributed by atoms with E-state index in [1.807, 2.05) is 60.7 Å². The lowest BCUT2D eigenvalue weighted by Crippen LogP contribution is -2.36. The number of hydrogen-bond donors (Lipinski definition) is 2. The zero-order valence-electron chi connectivity index (χ0n) is 16.5. The number of nitrogens with zero attached hydrogens (tertiary/aromatic N) is 2. The lowest BCUT2D eigenvalue weighted by atomic mass is 10.2. The van der Waals surface area contributed by atoms with Crippen LogP contribution in [0.3, 0.4) is 0 Å². The molecule has 0 aliphatic heterocycles. The molecule has 1 heterocycles. The molecule has 0 aliphatic rings. The minimum atomic E-state index is 0. The molecule has 0 saturated carbocycles. The third-order valence-electron chi connectivity index (χ3n) is 4.10. The smallest absolute Gasteiger partial charge is 0.213 e. The van der Waals surface area contributed by atoms with Crippen molar-refractivity contribution in [3.8, 4) is 5.88 Å². The van der Waals surface area contributed by atoms with E-state index in [1.54, 1.807) is 6.20 Å². The van der Waals surface area contributed by atoms with Crippen molar-refractivity contribution in [3.05, 3.63) is 95.7 Å². The summed E-state index contributed by atoms with van der Waals surface area (Å²) >= 11 is 0. The summed E-state index contributed by atoms with van der Waals surface area (Å²) in [7, 11) is 0. The molecule has 0 spiro atoms. The fourth-order valence-corrected chi connectivity index (χ4v) is 2.65. The van der Waals surface area contributed by atoms with Crippen molar-refractivity contribution in [1.82, 2.24) is 15.6 Å². The molecular weight excluding hydrogens is 475 g/mol. The molecule has 0 aliphatic carbocycles. The van der Waals surface area contributed by atoms with Gasteiger partial charge in [-0.1, -0.05) is 60.7 Å². The largest absolute Gasteiger partial charge is 0.473 e. The van der Waals surface area contributed by atoms with Gasteiger partial charge in [-0.25, -0.2) is 9.98 Å². The molecule has 2 aromatic carbocycles. The molecule has 3 aromatic rings. The maximum atomic E-state index is 5.80.